The van der Waals surface area contributed by atoms with Crippen LogP contribution in [0.2, 0.25) is 5.02 Å². The van der Waals surface area contributed by atoms with E-state index in [2.05, 4.69) is 45.4 Å². The molecule has 1 heterocycles. The second-order valence-corrected chi connectivity index (χ2v) is 7.53. The molecule has 1 aliphatic rings. The summed E-state index contributed by atoms with van der Waals surface area (Å²) in [6, 6.07) is 15.7. The van der Waals surface area contributed by atoms with Crippen LogP contribution < -0.4 is 10.1 Å². The van der Waals surface area contributed by atoms with E-state index in [1.807, 2.05) is 6.92 Å². The van der Waals surface area contributed by atoms with Crippen LogP contribution >= 0.6 is 11.6 Å². The molecule has 0 spiro atoms. The highest BCUT2D eigenvalue weighted by Crippen LogP contribution is 2.27. The van der Waals surface area contributed by atoms with Crippen molar-refractivity contribution in [2.45, 2.75) is 19.4 Å². The minimum Gasteiger partial charge on any atom is -0.495 e. The maximum absolute atomic E-state index is 12.6. The Labute approximate surface area is 172 Å². The van der Waals surface area contributed by atoms with Crippen LogP contribution in [0.1, 0.15) is 12.5 Å². The zero-order valence-electron chi connectivity index (χ0n) is 16.5. The molecule has 2 aromatic carbocycles. The molecule has 0 aliphatic carbocycles. The number of anilines is 1. The van der Waals surface area contributed by atoms with Crippen LogP contribution in [0, 0.1) is 0 Å². The van der Waals surface area contributed by atoms with E-state index in [0.29, 0.717) is 16.5 Å². The van der Waals surface area contributed by atoms with E-state index in [-0.39, 0.29) is 11.9 Å². The molecular weight excluding hydrogens is 374 g/mol. The lowest BCUT2D eigenvalue weighted by Gasteiger charge is -2.37. The molecular formula is C22H28ClN3O2. The first-order valence-corrected chi connectivity index (χ1v) is 10.1. The van der Waals surface area contributed by atoms with E-state index in [4.69, 9.17) is 16.3 Å². The SMILES string of the molecule is COc1ccc(NC(=O)[C@@H](C)N2CCN(CCc3ccccc3)CC2)cc1Cl. The summed E-state index contributed by atoms with van der Waals surface area (Å²) in [7, 11) is 1.57. The number of nitrogens with one attached hydrogen (secondary N) is 1. The minimum absolute atomic E-state index is 0.0148. The molecule has 0 radical (unpaired) electrons. The summed E-state index contributed by atoms with van der Waals surface area (Å²) in [6.45, 7) is 6.78. The Hall–Kier alpha value is -2.08. The maximum atomic E-state index is 12.6. The van der Waals surface area contributed by atoms with Crippen molar-refractivity contribution in [1.29, 1.82) is 0 Å². The molecule has 150 valence electrons. The van der Waals surface area contributed by atoms with Gasteiger partial charge in [-0.3, -0.25) is 9.69 Å². The van der Waals surface area contributed by atoms with Gasteiger partial charge in [0.15, 0.2) is 0 Å². The number of carbonyl (C=O) groups is 1. The van der Waals surface area contributed by atoms with Crippen LogP contribution in [0.5, 0.6) is 5.75 Å². The summed E-state index contributed by atoms with van der Waals surface area (Å²) in [4.78, 5) is 17.3. The summed E-state index contributed by atoms with van der Waals surface area (Å²) in [5.74, 6) is 0.582. The van der Waals surface area contributed by atoms with Crippen molar-refractivity contribution in [3.05, 3.63) is 59.1 Å². The summed E-state index contributed by atoms with van der Waals surface area (Å²) < 4.78 is 5.15. The quantitative estimate of drug-likeness (QED) is 0.770. The lowest BCUT2D eigenvalue weighted by Crippen LogP contribution is -2.53. The highest BCUT2D eigenvalue weighted by Gasteiger charge is 2.25. The molecule has 0 unspecified atom stereocenters. The van der Waals surface area contributed by atoms with E-state index < -0.39 is 0 Å². The van der Waals surface area contributed by atoms with Gasteiger partial charge in [0.2, 0.25) is 5.91 Å². The van der Waals surface area contributed by atoms with Gasteiger partial charge in [0, 0.05) is 38.4 Å². The minimum atomic E-state index is -0.183. The number of hydrogen-bond acceptors (Lipinski definition) is 4. The fourth-order valence-corrected chi connectivity index (χ4v) is 3.72. The number of benzene rings is 2. The Bertz CT molecular complexity index is 777. The van der Waals surface area contributed by atoms with Crippen molar-refractivity contribution >= 4 is 23.2 Å². The van der Waals surface area contributed by atoms with E-state index in [9.17, 15) is 4.79 Å². The normalized spacial score (nSPS) is 16.5. The van der Waals surface area contributed by atoms with Crippen LogP contribution in [0.25, 0.3) is 0 Å². The molecule has 1 saturated heterocycles. The average molecular weight is 402 g/mol. The molecule has 1 atom stereocenters. The second-order valence-electron chi connectivity index (χ2n) is 7.13. The number of halogens is 1. The van der Waals surface area contributed by atoms with Crippen molar-refractivity contribution in [3.63, 3.8) is 0 Å². The van der Waals surface area contributed by atoms with Crippen LogP contribution in [-0.2, 0) is 11.2 Å². The monoisotopic (exact) mass is 401 g/mol. The predicted molar refractivity (Wildman–Crippen MR) is 114 cm³/mol. The zero-order chi connectivity index (χ0) is 19.9. The molecule has 1 amide bonds. The first kappa shape index (κ1) is 20.6. The zero-order valence-corrected chi connectivity index (χ0v) is 17.3. The predicted octanol–water partition coefficient (Wildman–Crippen LogP) is 3.54. The summed E-state index contributed by atoms with van der Waals surface area (Å²) in [5, 5.41) is 3.44. The lowest BCUT2D eigenvalue weighted by atomic mass is 10.1. The van der Waals surface area contributed by atoms with Crippen molar-refractivity contribution in [1.82, 2.24) is 9.80 Å². The molecule has 6 heteroatoms. The molecule has 0 bridgehead atoms. The first-order valence-electron chi connectivity index (χ1n) is 9.71. The number of carbonyl (C=O) groups excluding carboxylic acids is 1. The third kappa shape index (κ3) is 5.47. The second kappa shape index (κ2) is 9.92. The van der Waals surface area contributed by atoms with Crippen molar-refractivity contribution in [2.24, 2.45) is 0 Å². The van der Waals surface area contributed by atoms with Gasteiger partial charge in [0.25, 0.3) is 0 Å². The fraction of sp³-hybridized carbons (Fsp3) is 0.409. The van der Waals surface area contributed by atoms with Crippen molar-refractivity contribution < 1.29 is 9.53 Å². The van der Waals surface area contributed by atoms with Gasteiger partial charge < -0.3 is 15.0 Å². The van der Waals surface area contributed by atoms with Crippen molar-refractivity contribution in [2.75, 3.05) is 45.2 Å². The molecule has 1 aliphatic heterocycles. The smallest absolute Gasteiger partial charge is 0.241 e. The van der Waals surface area contributed by atoms with Gasteiger partial charge in [-0.15, -0.1) is 0 Å². The summed E-state index contributed by atoms with van der Waals surface area (Å²) in [6.07, 6.45) is 1.06. The van der Waals surface area contributed by atoms with Gasteiger partial charge in [-0.05, 0) is 37.1 Å². The number of piperazine rings is 1. The van der Waals surface area contributed by atoms with Crippen LogP contribution in [0.4, 0.5) is 5.69 Å². The summed E-state index contributed by atoms with van der Waals surface area (Å²) >= 11 is 6.14. The van der Waals surface area contributed by atoms with E-state index in [1.54, 1.807) is 25.3 Å². The van der Waals surface area contributed by atoms with E-state index in [1.165, 1.54) is 5.56 Å². The molecule has 0 saturated carbocycles. The fourth-order valence-electron chi connectivity index (χ4n) is 3.46. The highest BCUT2D eigenvalue weighted by atomic mass is 35.5. The highest BCUT2D eigenvalue weighted by molar-refractivity contribution is 6.32. The van der Waals surface area contributed by atoms with Crippen LogP contribution in [0.15, 0.2) is 48.5 Å². The van der Waals surface area contributed by atoms with E-state index >= 15 is 0 Å². The Morgan fingerprint density at radius 1 is 1.14 bits per heavy atom. The third-order valence-corrected chi connectivity index (χ3v) is 5.61. The van der Waals surface area contributed by atoms with Gasteiger partial charge in [0.05, 0.1) is 18.2 Å². The molecule has 1 N–H and O–H groups in total. The van der Waals surface area contributed by atoms with Gasteiger partial charge in [-0.2, -0.15) is 0 Å². The molecule has 28 heavy (non-hydrogen) atoms. The Kier molecular flexibility index (Phi) is 7.31. The Morgan fingerprint density at radius 2 is 1.86 bits per heavy atom. The average Bonchev–Trinajstić information content (AvgIpc) is 2.73. The third-order valence-electron chi connectivity index (χ3n) is 5.31. The largest absolute Gasteiger partial charge is 0.495 e. The van der Waals surface area contributed by atoms with Gasteiger partial charge >= 0.3 is 0 Å². The van der Waals surface area contributed by atoms with Gasteiger partial charge in [0.1, 0.15) is 5.75 Å². The molecule has 2 aromatic rings. The van der Waals surface area contributed by atoms with Gasteiger partial charge in [-0.1, -0.05) is 41.9 Å². The Balaban J connectivity index is 1.45. The number of nitrogens with zero attached hydrogens (tertiary/aromatic N) is 2. The lowest BCUT2D eigenvalue weighted by molar-refractivity contribution is -0.121. The van der Waals surface area contributed by atoms with E-state index in [0.717, 1.165) is 39.1 Å². The number of hydrogen-bond donors (Lipinski definition) is 1. The van der Waals surface area contributed by atoms with Crippen LogP contribution in [0.3, 0.4) is 0 Å². The van der Waals surface area contributed by atoms with Crippen LogP contribution in [-0.4, -0.2) is 61.6 Å². The number of methoxy groups -OCH3 is 1. The maximum Gasteiger partial charge on any atom is 0.241 e. The van der Waals surface area contributed by atoms with Crippen molar-refractivity contribution in [3.8, 4) is 5.75 Å². The summed E-state index contributed by atoms with van der Waals surface area (Å²) in [5.41, 5.74) is 2.06. The molecule has 3 rings (SSSR count). The van der Waals surface area contributed by atoms with Gasteiger partial charge in [-0.25, -0.2) is 0 Å². The number of ether oxygens (including phenoxy) is 1. The molecule has 1 fully saturated rings. The Morgan fingerprint density at radius 3 is 2.50 bits per heavy atom. The standard InChI is InChI=1S/C22H28ClN3O2/c1-17(22(27)24-19-8-9-21(28-2)20(23)16-19)26-14-12-25(13-15-26)11-10-18-6-4-3-5-7-18/h3-9,16-17H,10-15H2,1-2H3,(H,24,27)/t17-/m1/s1. The number of rotatable bonds is 7. The number of amides is 1. The first-order chi connectivity index (χ1) is 13.6. The molecule has 5 nitrogen and oxygen atoms in total. The topological polar surface area (TPSA) is 44.8 Å². The molecule has 0 aromatic heterocycles.